The molecule has 0 radical (unpaired) electrons. The van der Waals surface area contributed by atoms with E-state index in [1.807, 2.05) is 41.9 Å². The number of aromatic nitrogens is 3. The van der Waals surface area contributed by atoms with Gasteiger partial charge >= 0.3 is 0 Å². The topological polar surface area (TPSA) is 63.0 Å². The van der Waals surface area contributed by atoms with Crippen molar-refractivity contribution in [3.8, 4) is 0 Å². The third-order valence-electron chi connectivity index (χ3n) is 3.55. The highest BCUT2D eigenvalue weighted by atomic mass is 16.3. The maximum atomic E-state index is 10.3. The number of nitrogens with zero attached hydrogens (tertiary/aromatic N) is 3. The van der Waals surface area contributed by atoms with Crippen LogP contribution in [0.3, 0.4) is 0 Å². The maximum Gasteiger partial charge on any atom is 0.0955 e. The molecule has 0 spiro atoms. The first-order chi connectivity index (χ1) is 10.2. The number of hydrogen-bond donors (Lipinski definition) is 2. The van der Waals surface area contributed by atoms with Gasteiger partial charge in [0.1, 0.15) is 0 Å². The molecular weight excluding hydrogens is 264 g/mol. The maximum absolute atomic E-state index is 10.3. The third-order valence-corrected chi connectivity index (χ3v) is 3.55. The summed E-state index contributed by atoms with van der Waals surface area (Å²) in [5, 5.41) is 13.5. The molecule has 1 unspecified atom stereocenters. The van der Waals surface area contributed by atoms with Gasteiger partial charge < -0.3 is 15.0 Å². The Labute approximate surface area is 123 Å². The smallest absolute Gasteiger partial charge is 0.0955 e. The van der Waals surface area contributed by atoms with Gasteiger partial charge in [0.2, 0.25) is 0 Å². The van der Waals surface area contributed by atoms with Crippen molar-refractivity contribution in [3.63, 3.8) is 0 Å². The lowest BCUT2D eigenvalue weighted by molar-refractivity contribution is 0.174. The molecule has 0 bridgehead atoms. The van der Waals surface area contributed by atoms with Crippen molar-refractivity contribution in [3.05, 3.63) is 60.2 Å². The Kier molecular flexibility index (Phi) is 3.94. The van der Waals surface area contributed by atoms with Crippen molar-refractivity contribution in [2.75, 3.05) is 6.54 Å². The van der Waals surface area contributed by atoms with E-state index >= 15 is 0 Å². The molecule has 1 aromatic carbocycles. The van der Waals surface area contributed by atoms with E-state index < -0.39 is 6.10 Å². The third kappa shape index (κ3) is 3.09. The number of hydrogen-bond acceptors (Lipinski definition) is 4. The summed E-state index contributed by atoms with van der Waals surface area (Å²) in [6.07, 6.45) is 4.77. The molecule has 108 valence electrons. The van der Waals surface area contributed by atoms with Crippen LogP contribution in [0.4, 0.5) is 0 Å². The molecule has 5 nitrogen and oxygen atoms in total. The van der Waals surface area contributed by atoms with E-state index in [0.29, 0.717) is 13.1 Å². The van der Waals surface area contributed by atoms with Gasteiger partial charge in [-0.1, -0.05) is 6.07 Å². The van der Waals surface area contributed by atoms with Gasteiger partial charge in [0.15, 0.2) is 0 Å². The van der Waals surface area contributed by atoms with Gasteiger partial charge in [-0.15, -0.1) is 0 Å². The van der Waals surface area contributed by atoms with E-state index in [9.17, 15) is 5.11 Å². The number of pyridine rings is 1. The normalized spacial score (nSPS) is 12.7. The zero-order chi connectivity index (χ0) is 14.7. The van der Waals surface area contributed by atoms with Crippen LogP contribution >= 0.6 is 0 Å². The summed E-state index contributed by atoms with van der Waals surface area (Å²) in [5.74, 6) is 0. The van der Waals surface area contributed by atoms with E-state index in [4.69, 9.17) is 0 Å². The fourth-order valence-corrected chi connectivity index (χ4v) is 2.33. The summed E-state index contributed by atoms with van der Waals surface area (Å²) in [6.45, 7) is 1.21. The first kappa shape index (κ1) is 13.7. The summed E-state index contributed by atoms with van der Waals surface area (Å²) in [6, 6.07) is 9.79. The van der Waals surface area contributed by atoms with E-state index in [-0.39, 0.29) is 0 Å². The molecule has 5 heteroatoms. The zero-order valence-corrected chi connectivity index (χ0v) is 11.9. The van der Waals surface area contributed by atoms with Crippen LogP contribution in [0.5, 0.6) is 0 Å². The van der Waals surface area contributed by atoms with Gasteiger partial charge in [-0.05, 0) is 35.4 Å². The molecular formula is C16H18N4O. The lowest BCUT2D eigenvalue weighted by atomic mass is 10.1. The van der Waals surface area contributed by atoms with Crippen LogP contribution in [0.15, 0.2) is 49.1 Å². The molecule has 0 saturated carbocycles. The SMILES string of the molecule is Cn1cnc2cc(C(O)CNCc3ccncc3)ccc21. The number of nitrogens with one attached hydrogen (secondary N) is 1. The molecule has 0 amide bonds. The van der Waals surface area contributed by atoms with Crippen LogP contribution in [0, 0.1) is 0 Å². The van der Waals surface area contributed by atoms with E-state index in [2.05, 4.69) is 15.3 Å². The van der Waals surface area contributed by atoms with Crippen LogP contribution in [0.1, 0.15) is 17.2 Å². The lowest BCUT2D eigenvalue weighted by Crippen LogP contribution is -2.21. The van der Waals surface area contributed by atoms with Crippen molar-refractivity contribution >= 4 is 11.0 Å². The van der Waals surface area contributed by atoms with Gasteiger partial charge in [-0.3, -0.25) is 4.98 Å². The standard InChI is InChI=1S/C16H18N4O/c1-20-11-19-14-8-13(2-3-15(14)20)16(21)10-18-9-12-4-6-17-7-5-12/h2-8,11,16,18,21H,9-10H2,1H3. The summed E-state index contributed by atoms with van der Waals surface area (Å²) in [7, 11) is 1.96. The Balaban J connectivity index is 1.62. The predicted octanol–water partition coefficient (Wildman–Crippen LogP) is 1.79. The van der Waals surface area contributed by atoms with Gasteiger partial charge in [-0.25, -0.2) is 4.98 Å². The number of aryl methyl sites for hydroxylation is 1. The molecule has 3 aromatic rings. The van der Waals surface area contributed by atoms with E-state index in [0.717, 1.165) is 22.2 Å². The average molecular weight is 282 g/mol. The Morgan fingerprint density at radius 1 is 1.24 bits per heavy atom. The minimum Gasteiger partial charge on any atom is -0.387 e. The first-order valence-electron chi connectivity index (χ1n) is 6.93. The molecule has 0 fully saturated rings. The van der Waals surface area contributed by atoms with Crippen molar-refractivity contribution in [1.29, 1.82) is 0 Å². The summed E-state index contributed by atoms with van der Waals surface area (Å²) >= 11 is 0. The minimum atomic E-state index is -0.543. The second kappa shape index (κ2) is 6.03. The monoisotopic (exact) mass is 282 g/mol. The molecule has 1 atom stereocenters. The van der Waals surface area contributed by atoms with Crippen LogP contribution in [-0.2, 0) is 13.6 Å². The molecule has 0 aliphatic rings. The highest BCUT2D eigenvalue weighted by molar-refractivity contribution is 5.76. The molecule has 0 aliphatic heterocycles. The van der Waals surface area contributed by atoms with Crippen molar-refractivity contribution in [2.24, 2.45) is 7.05 Å². The number of benzene rings is 1. The molecule has 2 heterocycles. The van der Waals surface area contributed by atoms with Gasteiger partial charge in [-0.2, -0.15) is 0 Å². The highest BCUT2D eigenvalue weighted by Gasteiger charge is 2.09. The Morgan fingerprint density at radius 3 is 2.86 bits per heavy atom. The van der Waals surface area contributed by atoms with Crippen LogP contribution < -0.4 is 5.32 Å². The molecule has 21 heavy (non-hydrogen) atoms. The molecule has 0 aliphatic carbocycles. The van der Waals surface area contributed by atoms with Crippen LogP contribution in [-0.4, -0.2) is 26.2 Å². The number of aliphatic hydroxyl groups excluding tert-OH is 1. The fourth-order valence-electron chi connectivity index (χ4n) is 2.33. The first-order valence-corrected chi connectivity index (χ1v) is 6.93. The van der Waals surface area contributed by atoms with Gasteiger partial charge in [0.05, 0.1) is 23.5 Å². The number of aliphatic hydroxyl groups is 1. The second-order valence-electron chi connectivity index (χ2n) is 5.11. The summed E-state index contributed by atoms with van der Waals surface area (Å²) in [4.78, 5) is 8.29. The second-order valence-corrected chi connectivity index (χ2v) is 5.11. The van der Waals surface area contributed by atoms with Crippen molar-refractivity contribution in [1.82, 2.24) is 19.9 Å². The zero-order valence-electron chi connectivity index (χ0n) is 11.9. The quantitative estimate of drug-likeness (QED) is 0.749. The fraction of sp³-hybridized carbons (Fsp3) is 0.250. The molecule has 2 aromatic heterocycles. The van der Waals surface area contributed by atoms with Crippen LogP contribution in [0.25, 0.3) is 11.0 Å². The summed E-state index contributed by atoms with van der Waals surface area (Å²) in [5.41, 5.74) is 4.00. The summed E-state index contributed by atoms with van der Waals surface area (Å²) < 4.78 is 1.97. The van der Waals surface area contributed by atoms with Gasteiger partial charge in [0.25, 0.3) is 0 Å². The van der Waals surface area contributed by atoms with Gasteiger partial charge in [0, 0.05) is 32.5 Å². The number of fused-ring (bicyclic) bond motifs is 1. The average Bonchev–Trinajstić information content (AvgIpc) is 2.89. The predicted molar refractivity (Wildman–Crippen MR) is 81.6 cm³/mol. The molecule has 3 rings (SSSR count). The largest absolute Gasteiger partial charge is 0.387 e. The molecule has 0 saturated heterocycles. The number of rotatable bonds is 5. The minimum absolute atomic E-state index is 0.501. The Morgan fingerprint density at radius 2 is 2.05 bits per heavy atom. The van der Waals surface area contributed by atoms with E-state index in [1.165, 1.54) is 0 Å². The van der Waals surface area contributed by atoms with E-state index in [1.54, 1.807) is 18.7 Å². The Bertz CT molecular complexity index is 723. The van der Waals surface area contributed by atoms with Crippen molar-refractivity contribution in [2.45, 2.75) is 12.6 Å². The Hall–Kier alpha value is -2.24. The van der Waals surface area contributed by atoms with Crippen molar-refractivity contribution < 1.29 is 5.11 Å². The molecule has 2 N–H and O–H groups in total. The van der Waals surface area contributed by atoms with Crippen LogP contribution in [0.2, 0.25) is 0 Å². The number of imidazole rings is 1. The highest BCUT2D eigenvalue weighted by Crippen LogP contribution is 2.18. The lowest BCUT2D eigenvalue weighted by Gasteiger charge is -2.12.